The zero-order valence-electron chi connectivity index (χ0n) is 16.9. The summed E-state index contributed by atoms with van der Waals surface area (Å²) in [6, 6.07) is 16.0. The zero-order valence-corrected chi connectivity index (χ0v) is 17.7. The maximum Gasteiger partial charge on any atom is 0.256 e. The second-order valence-electron chi connectivity index (χ2n) is 7.62. The third-order valence-electron chi connectivity index (χ3n) is 5.64. The molecule has 2 aliphatic rings. The van der Waals surface area contributed by atoms with Gasteiger partial charge in [-0.3, -0.25) is 4.79 Å². The van der Waals surface area contributed by atoms with Crippen molar-refractivity contribution in [1.82, 2.24) is 9.62 Å². The molecule has 4 rings (SSSR count). The van der Waals surface area contributed by atoms with E-state index in [-0.39, 0.29) is 16.8 Å². The van der Waals surface area contributed by atoms with E-state index in [1.165, 1.54) is 0 Å². The van der Waals surface area contributed by atoms with Crippen LogP contribution in [0.4, 0.5) is 5.69 Å². The number of rotatable bonds is 5. The molecule has 0 unspecified atom stereocenters. The van der Waals surface area contributed by atoms with Crippen LogP contribution in [0.25, 0.3) is 0 Å². The zero-order chi connectivity index (χ0) is 21.0. The summed E-state index contributed by atoms with van der Waals surface area (Å²) in [6.45, 7) is 3.74. The van der Waals surface area contributed by atoms with E-state index in [2.05, 4.69) is 9.62 Å². The molecule has 2 aromatic rings. The highest BCUT2D eigenvalue weighted by Crippen LogP contribution is 2.26. The minimum Gasteiger partial charge on any atom is -0.378 e. The van der Waals surface area contributed by atoms with Crippen LogP contribution in [-0.2, 0) is 14.8 Å². The molecule has 0 aliphatic carbocycles. The maximum absolute atomic E-state index is 13.0. The summed E-state index contributed by atoms with van der Waals surface area (Å²) in [6.07, 6.45) is 1.37. The number of carbonyl (C=O) groups excluding carboxylic acids is 1. The van der Waals surface area contributed by atoms with Gasteiger partial charge in [0, 0.05) is 37.9 Å². The van der Waals surface area contributed by atoms with E-state index in [9.17, 15) is 13.2 Å². The molecule has 1 N–H and O–H groups in total. The van der Waals surface area contributed by atoms with Crippen LogP contribution in [0.3, 0.4) is 0 Å². The molecule has 1 amide bonds. The number of carbonyl (C=O) groups is 1. The molecule has 0 bridgehead atoms. The number of nitrogens with zero attached hydrogens (tertiary/aromatic N) is 2. The third-order valence-corrected chi connectivity index (χ3v) is 7.18. The van der Waals surface area contributed by atoms with Crippen molar-refractivity contribution >= 4 is 21.6 Å². The lowest BCUT2D eigenvalue weighted by Gasteiger charge is -2.35. The number of morpholine rings is 1. The number of benzene rings is 2. The van der Waals surface area contributed by atoms with Gasteiger partial charge in [-0.15, -0.1) is 0 Å². The number of sulfonamides is 1. The highest BCUT2D eigenvalue weighted by molar-refractivity contribution is 7.89. The molecule has 2 saturated heterocycles. The number of anilines is 1. The van der Waals surface area contributed by atoms with Crippen molar-refractivity contribution in [2.24, 2.45) is 0 Å². The predicted molar refractivity (Wildman–Crippen MR) is 115 cm³/mol. The molecule has 2 heterocycles. The number of para-hydroxylation sites is 1. The molecule has 2 fully saturated rings. The van der Waals surface area contributed by atoms with Crippen LogP contribution < -0.4 is 9.62 Å². The fourth-order valence-corrected chi connectivity index (χ4v) is 5.32. The highest BCUT2D eigenvalue weighted by atomic mass is 32.2. The largest absolute Gasteiger partial charge is 0.378 e. The Bertz CT molecular complexity index is 967. The van der Waals surface area contributed by atoms with Gasteiger partial charge in [-0.25, -0.2) is 13.1 Å². The minimum atomic E-state index is -3.52. The molecule has 0 radical (unpaired) electrons. The normalized spacial score (nSPS) is 18.4. The fourth-order valence-electron chi connectivity index (χ4n) is 3.99. The first-order valence-corrected chi connectivity index (χ1v) is 11.8. The first-order valence-electron chi connectivity index (χ1n) is 10.3. The van der Waals surface area contributed by atoms with Gasteiger partial charge in [0.05, 0.1) is 23.7 Å². The van der Waals surface area contributed by atoms with Crippen molar-refractivity contribution in [3.05, 3.63) is 60.2 Å². The summed E-state index contributed by atoms with van der Waals surface area (Å²) in [5.74, 6) is 0.0285. The van der Waals surface area contributed by atoms with Gasteiger partial charge >= 0.3 is 0 Å². The van der Waals surface area contributed by atoms with Crippen molar-refractivity contribution in [3.8, 4) is 0 Å². The molecule has 2 aliphatic heterocycles. The molecule has 160 valence electrons. The first-order chi connectivity index (χ1) is 14.5. The number of hydrogen-bond donors (Lipinski definition) is 1. The summed E-state index contributed by atoms with van der Waals surface area (Å²) in [5, 5.41) is 0. The predicted octanol–water partition coefficient (Wildman–Crippen LogP) is 2.11. The second kappa shape index (κ2) is 9.16. The molecule has 0 spiro atoms. The Balaban J connectivity index is 1.42. The third kappa shape index (κ3) is 4.66. The van der Waals surface area contributed by atoms with Crippen LogP contribution in [0.15, 0.2) is 59.5 Å². The molecule has 0 saturated carbocycles. The second-order valence-corrected chi connectivity index (χ2v) is 9.33. The molecule has 30 heavy (non-hydrogen) atoms. The number of piperidine rings is 1. The molecule has 2 aromatic carbocycles. The monoisotopic (exact) mass is 429 g/mol. The Morgan fingerprint density at radius 1 is 0.900 bits per heavy atom. The van der Waals surface area contributed by atoms with Gasteiger partial charge in [0.15, 0.2) is 0 Å². The van der Waals surface area contributed by atoms with E-state index >= 15 is 0 Å². The van der Waals surface area contributed by atoms with Crippen LogP contribution in [-0.4, -0.2) is 64.7 Å². The number of amides is 1. The molecule has 7 nitrogen and oxygen atoms in total. The van der Waals surface area contributed by atoms with E-state index in [1.54, 1.807) is 30.3 Å². The van der Waals surface area contributed by atoms with Crippen molar-refractivity contribution < 1.29 is 17.9 Å². The van der Waals surface area contributed by atoms with Gasteiger partial charge in [0.25, 0.3) is 5.91 Å². The van der Waals surface area contributed by atoms with Crippen LogP contribution in [0.2, 0.25) is 0 Å². The Hall–Kier alpha value is -2.42. The maximum atomic E-state index is 13.0. The van der Waals surface area contributed by atoms with Crippen molar-refractivity contribution in [2.45, 2.75) is 23.8 Å². The van der Waals surface area contributed by atoms with E-state index in [0.717, 1.165) is 5.69 Å². The summed E-state index contributed by atoms with van der Waals surface area (Å²) in [7, 11) is -3.52. The van der Waals surface area contributed by atoms with Gasteiger partial charge in [-0.1, -0.05) is 30.3 Å². The van der Waals surface area contributed by atoms with E-state index in [0.29, 0.717) is 57.8 Å². The molecular weight excluding hydrogens is 402 g/mol. The molecule has 8 heteroatoms. The Labute approximate surface area is 177 Å². The lowest BCUT2D eigenvalue weighted by molar-refractivity contribution is 0.0303. The van der Waals surface area contributed by atoms with Crippen molar-refractivity contribution in [2.75, 3.05) is 44.3 Å². The van der Waals surface area contributed by atoms with E-state index < -0.39 is 10.0 Å². The SMILES string of the molecule is O=C(c1ccccc1N1CCC(NS(=O)(=O)c2ccccc2)CC1)N1CCOCC1. The number of nitrogens with one attached hydrogen (secondary N) is 1. The smallest absolute Gasteiger partial charge is 0.256 e. The van der Waals surface area contributed by atoms with Crippen LogP contribution in [0.1, 0.15) is 23.2 Å². The summed E-state index contributed by atoms with van der Waals surface area (Å²) in [5.41, 5.74) is 1.61. The Morgan fingerprint density at radius 3 is 2.23 bits per heavy atom. The average Bonchev–Trinajstić information content (AvgIpc) is 2.80. The molecule has 0 atom stereocenters. The molecular formula is C22H27N3O4S. The van der Waals surface area contributed by atoms with Gasteiger partial charge in [-0.2, -0.15) is 0 Å². The van der Waals surface area contributed by atoms with E-state index in [4.69, 9.17) is 4.74 Å². The highest BCUT2D eigenvalue weighted by Gasteiger charge is 2.28. The average molecular weight is 430 g/mol. The quantitative estimate of drug-likeness (QED) is 0.788. The standard InChI is InChI=1S/C22H27N3O4S/c26-22(25-14-16-29-17-15-25)20-8-4-5-9-21(20)24-12-10-18(11-13-24)23-30(27,28)19-6-2-1-3-7-19/h1-9,18,23H,10-17H2. The van der Waals surface area contributed by atoms with Gasteiger partial charge < -0.3 is 14.5 Å². The van der Waals surface area contributed by atoms with Gasteiger partial charge in [0.2, 0.25) is 10.0 Å². The van der Waals surface area contributed by atoms with Crippen molar-refractivity contribution in [1.29, 1.82) is 0 Å². The topological polar surface area (TPSA) is 79.0 Å². The van der Waals surface area contributed by atoms with Crippen LogP contribution >= 0.6 is 0 Å². The van der Waals surface area contributed by atoms with E-state index in [1.807, 2.05) is 29.2 Å². The first kappa shape index (κ1) is 20.8. The fraction of sp³-hybridized carbons (Fsp3) is 0.409. The molecule has 0 aromatic heterocycles. The minimum absolute atomic E-state index is 0.0285. The summed E-state index contributed by atoms with van der Waals surface area (Å²) >= 11 is 0. The van der Waals surface area contributed by atoms with Crippen molar-refractivity contribution in [3.63, 3.8) is 0 Å². The lowest BCUT2D eigenvalue weighted by Crippen LogP contribution is -2.45. The van der Waals surface area contributed by atoms with Crippen LogP contribution in [0.5, 0.6) is 0 Å². The lowest BCUT2D eigenvalue weighted by atomic mass is 10.0. The number of ether oxygens (including phenoxy) is 1. The summed E-state index contributed by atoms with van der Waals surface area (Å²) in [4.78, 5) is 17.3. The Morgan fingerprint density at radius 2 is 1.53 bits per heavy atom. The number of hydrogen-bond acceptors (Lipinski definition) is 5. The van der Waals surface area contributed by atoms with Gasteiger partial charge in [0.1, 0.15) is 0 Å². The summed E-state index contributed by atoms with van der Waals surface area (Å²) < 4.78 is 33.4. The van der Waals surface area contributed by atoms with Crippen LogP contribution in [0, 0.1) is 0 Å². The Kier molecular flexibility index (Phi) is 6.36. The van der Waals surface area contributed by atoms with Gasteiger partial charge in [-0.05, 0) is 37.1 Å².